The Morgan fingerprint density at radius 1 is 0.852 bits per heavy atom. The third-order valence-corrected chi connectivity index (χ3v) is 19.4. The van der Waals surface area contributed by atoms with Crippen molar-refractivity contribution in [2.45, 2.75) is 70.8 Å². The van der Waals surface area contributed by atoms with E-state index in [2.05, 4.69) is 40.4 Å². The molecule has 1 saturated heterocycles. The van der Waals surface area contributed by atoms with Crippen LogP contribution in [0.3, 0.4) is 0 Å². The molecule has 0 aromatic heterocycles. The van der Waals surface area contributed by atoms with Gasteiger partial charge in [0, 0.05) is 18.9 Å². The number of ether oxygens (including phenoxy) is 1. The van der Waals surface area contributed by atoms with Crippen molar-refractivity contribution in [2.24, 2.45) is 11.7 Å². The number of benzene rings is 4. The maximum atomic E-state index is 15.1. The molecule has 5 rings (SSSR count). The molecule has 2 amide bonds. The molecule has 0 aliphatic carbocycles. The molecule has 1 fully saturated rings. The number of likely N-dealkylation sites (tertiary alicyclic amines) is 1. The van der Waals surface area contributed by atoms with E-state index in [0.717, 1.165) is 15.9 Å². The van der Waals surface area contributed by atoms with Crippen LogP contribution in [0.2, 0.25) is 18.1 Å². The number of nitrogens with two attached hydrogens (primary N) is 1. The lowest BCUT2D eigenvalue weighted by molar-refractivity contribution is -0.156. The summed E-state index contributed by atoms with van der Waals surface area (Å²) in [6, 6.07) is 35.3. The van der Waals surface area contributed by atoms with Gasteiger partial charge in [-0.2, -0.15) is 0 Å². The fourth-order valence-electron chi connectivity index (χ4n) is 6.96. The zero-order valence-corrected chi connectivity index (χ0v) is 33.9. The second-order valence-electron chi connectivity index (χ2n) is 15.2. The molecule has 3 atom stereocenters. The van der Waals surface area contributed by atoms with Crippen molar-refractivity contribution in [2.75, 3.05) is 6.61 Å². The quantitative estimate of drug-likeness (QED) is 0.0376. The highest BCUT2D eigenvalue weighted by molar-refractivity contribution is 7.96. The lowest BCUT2D eigenvalue weighted by Gasteiger charge is -2.53. The Morgan fingerprint density at radius 2 is 1.33 bits per heavy atom. The minimum absolute atomic E-state index is 0.0547. The highest BCUT2D eigenvalue weighted by Crippen LogP contribution is 2.50. The van der Waals surface area contributed by atoms with Gasteiger partial charge in [-0.3, -0.25) is 14.4 Å². The Kier molecular flexibility index (Phi) is 12.5. The molecule has 1 aliphatic rings. The molecular formula is C44H51N2O6PSi. The molecule has 1 heterocycles. The molecule has 0 radical (unpaired) electrons. The molecule has 8 nitrogen and oxygen atoms in total. The maximum absolute atomic E-state index is 15.1. The summed E-state index contributed by atoms with van der Waals surface area (Å²) in [5, 5.41) is 2.42. The van der Waals surface area contributed by atoms with Crippen molar-refractivity contribution < 1.29 is 28.3 Å². The van der Waals surface area contributed by atoms with Crippen LogP contribution in [0.25, 0.3) is 0 Å². The summed E-state index contributed by atoms with van der Waals surface area (Å²) in [7, 11) is -2.38. The smallest absolute Gasteiger partial charge is 0.356 e. The number of rotatable bonds is 15. The first-order valence-corrected chi connectivity index (χ1v) is 23.0. The van der Waals surface area contributed by atoms with Crippen molar-refractivity contribution in [1.82, 2.24) is 4.90 Å². The number of nitrogens with zero attached hydrogens (tertiary/aromatic N) is 1. The molecule has 0 bridgehead atoms. The van der Waals surface area contributed by atoms with Gasteiger partial charge in [-0.15, -0.1) is 0 Å². The van der Waals surface area contributed by atoms with Gasteiger partial charge >= 0.3 is 5.97 Å². The van der Waals surface area contributed by atoms with Crippen LogP contribution in [0.1, 0.15) is 50.0 Å². The largest absolute Gasteiger partial charge is 0.457 e. The fourth-order valence-corrected chi connectivity index (χ4v) is 12.8. The Balaban J connectivity index is 1.80. The van der Waals surface area contributed by atoms with E-state index in [1.165, 1.54) is 6.08 Å². The predicted octanol–water partition coefficient (Wildman–Crippen LogP) is 6.38. The Hall–Kier alpha value is -4.82. The first-order valence-electron chi connectivity index (χ1n) is 18.3. The van der Waals surface area contributed by atoms with Crippen molar-refractivity contribution in [3.63, 3.8) is 0 Å². The number of carbonyl (C=O) groups excluding carboxylic acids is 4. The molecule has 4 aromatic rings. The van der Waals surface area contributed by atoms with Gasteiger partial charge in [-0.25, -0.2) is 4.79 Å². The number of amides is 2. The van der Waals surface area contributed by atoms with E-state index in [1.807, 2.05) is 97.9 Å². The summed E-state index contributed by atoms with van der Waals surface area (Å²) >= 11 is 0. The Labute approximate surface area is 320 Å². The SMILES string of the molecule is C=CCOC(=O)C(N1C(=O)[C@H]([C@H](C)O[Si](C)(C)C(C)(C)C)[C@H]1CC(=O)c1ccc(CC(N)=O)cc1)=P(c1ccccc1)(c1ccccc1)c1ccccc1. The van der Waals surface area contributed by atoms with Crippen molar-refractivity contribution in [3.8, 4) is 0 Å². The molecule has 0 unspecified atom stereocenters. The number of β-lactam (4-membered cyclic amide) rings is 1. The highest BCUT2D eigenvalue weighted by Gasteiger charge is 2.57. The molecule has 0 spiro atoms. The zero-order chi connectivity index (χ0) is 39.3. The number of hydrogen-bond donors (Lipinski definition) is 1. The van der Waals surface area contributed by atoms with Crippen LogP contribution in [0.5, 0.6) is 0 Å². The summed E-state index contributed by atoms with van der Waals surface area (Å²) in [4.78, 5) is 57.3. The van der Waals surface area contributed by atoms with Crippen LogP contribution in [0.4, 0.5) is 0 Å². The normalized spacial score (nSPS) is 16.6. The summed E-state index contributed by atoms with van der Waals surface area (Å²) in [5.74, 6) is -2.35. The molecule has 4 aromatic carbocycles. The minimum Gasteiger partial charge on any atom is -0.457 e. The van der Waals surface area contributed by atoms with Crippen molar-refractivity contribution in [1.29, 1.82) is 0 Å². The number of carbonyl (C=O) groups is 4. The van der Waals surface area contributed by atoms with Gasteiger partial charge in [0.15, 0.2) is 14.1 Å². The third-order valence-electron chi connectivity index (χ3n) is 10.6. The van der Waals surface area contributed by atoms with Gasteiger partial charge in [-0.05, 0) is 46.5 Å². The monoisotopic (exact) mass is 762 g/mol. The average molecular weight is 763 g/mol. The lowest BCUT2D eigenvalue weighted by Crippen LogP contribution is -2.69. The zero-order valence-electron chi connectivity index (χ0n) is 32.0. The van der Waals surface area contributed by atoms with Gasteiger partial charge in [0.05, 0.1) is 24.5 Å². The standard InChI is InChI=1S/C44H51N2O6PSi/c1-8-28-51-43(50)42(53(34-18-12-9-13-19-34,35-20-14-10-15-21-35)36-22-16-11-17-23-36)46-37(30-38(47)33-26-24-32(25-27-33)29-39(45)48)40(41(46)49)31(2)52-54(6,7)44(3,4)5/h8-27,31,37,40H,1,28-30H2,2-7H3,(H2,45,48)/t31-,37+,40+/m0/s1. The van der Waals surface area contributed by atoms with Crippen LogP contribution >= 0.6 is 6.89 Å². The van der Waals surface area contributed by atoms with E-state index in [9.17, 15) is 14.4 Å². The second kappa shape index (κ2) is 16.7. The fraction of sp³-hybridized carbons (Fsp3) is 0.295. The maximum Gasteiger partial charge on any atom is 0.356 e. The van der Waals surface area contributed by atoms with E-state index >= 15 is 4.79 Å². The molecular weight excluding hydrogens is 712 g/mol. The van der Waals surface area contributed by atoms with Crippen LogP contribution in [-0.2, 0) is 30.0 Å². The number of Topliss-reactive ketones (excluding diaryl/α,β-unsaturated/α-hetero) is 1. The van der Waals surface area contributed by atoms with Crippen LogP contribution < -0.4 is 21.6 Å². The Bertz CT molecular complexity index is 1940. The number of hydrogen-bond acceptors (Lipinski definition) is 6. The highest BCUT2D eigenvalue weighted by atomic mass is 31.2. The first kappa shape index (κ1) is 40.4. The van der Waals surface area contributed by atoms with Gasteiger partial charge in [-0.1, -0.05) is 149 Å². The van der Waals surface area contributed by atoms with E-state index in [4.69, 9.17) is 14.9 Å². The molecule has 1 aliphatic heterocycles. The molecule has 10 heteroatoms. The van der Waals surface area contributed by atoms with Gasteiger partial charge in [0.25, 0.3) is 0 Å². The second-order valence-corrected chi connectivity index (χ2v) is 23.3. The molecule has 54 heavy (non-hydrogen) atoms. The van der Waals surface area contributed by atoms with Crippen LogP contribution in [0.15, 0.2) is 128 Å². The number of ketones is 1. The summed E-state index contributed by atoms with van der Waals surface area (Å²) in [6.45, 7) is 13.1. The first-order chi connectivity index (χ1) is 25.6. The van der Waals surface area contributed by atoms with Gasteiger partial charge < -0.3 is 19.8 Å². The van der Waals surface area contributed by atoms with Gasteiger partial charge in [0.1, 0.15) is 12.0 Å². The predicted molar refractivity (Wildman–Crippen MR) is 221 cm³/mol. The lowest BCUT2D eigenvalue weighted by atomic mass is 9.79. The molecule has 282 valence electrons. The van der Waals surface area contributed by atoms with Gasteiger partial charge in [0.2, 0.25) is 11.8 Å². The van der Waals surface area contributed by atoms with Crippen LogP contribution in [-0.4, -0.2) is 61.0 Å². The number of esters is 1. The minimum atomic E-state index is -3.19. The van der Waals surface area contributed by atoms with E-state index in [-0.39, 0.29) is 41.6 Å². The van der Waals surface area contributed by atoms with Crippen molar-refractivity contribution in [3.05, 3.63) is 139 Å². The third kappa shape index (κ3) is 8.14. The summed E-state index contributed by atoms with van der Waals surface area (Å²) in [6.07, 6.45) is 0.933. The summed E-state index contributed by atoms with van der Waals surface area (Å²) in [5.41, 5.74) is 6.72. The van der Waals surface area contributed by atoms with E-state index in [1.54, 1.807) is 29.2 Å². The average Bonchev–Trinajstić information content (AvgIpc) is 3.14. The summed E-state index contributed by atoms with van der Waals surface area (Å²) < 4.78 is 12.8. The number of primary amides is 1. The molecule has 0 saturated carbocycles. The Morgan fingerprint density at radius 3 is 1.76 bits per heavy atom. The van der Waals surface area contributed by atoms with Crippen LogP contribution in [0, 0.1) is 5.92 Å². The molecule has 2 N–H and O–H groups in total. The van der Waals surface area contributed by atoms with E-state index in [0.29, 0.717) is 11.1 Å². The topological polar surface area (TPSA) is 116 Å². The van der Waals surface area contributed by atoms with Crippen molar-refractivity contribution >= 4 is 60.1 Å². The van der Waals surface area contributed by atoms with E-state index < -0.39 is 45.1 Å².